The molecule has 0 saturated heterocycles. The molecule has 0 atom stereocenters. The number of amides is 1. The van der Waals surface area contributed by atoms with Crippen LogP contribution in [0.1, 0.15) is 21.9 Å². The standard InChI is InChI=1S/C16H21N3O3S.ClH/c1-21-9-4-10-22-14-6-3-2-5-12(14)19-16(20)13-11-23-15(18-13)7-8-17;/h2-3,5-6,11H,4,7-10,17H2,1H3,(H,19,20);1H. The van der Waals surface area contributed by atoms with Gasteiger partial charge in [-0.2, -0.15) is 0 Å². The number of ether oxygens (including phenoxy) is 2. The highest BCUT2D eigenvalue weighted by molar-refractivity contribution is 7.09. The second-order valence-corrected chi connectivity index (χ2v) is 5.75. The van der Waals surface area contributed by atoms with Crippen LogP contribution in [-0.4, -0.2) is 37.8 Å². The maximum Gasteiger partial charge on any atom is 0.275 e. The topological polar surface area (TPSA) is 86.5 Å². The molecule has 132 valence electrons. The van der Waals surface area contributed by atoms with E-state index in [9.17, 15) is 4.79 Å². The summed E-state index contributed by atoms with van der Waals surface area (Å²) < 4.78 is 10.7. The Kier molecular flexibility index (Phi) is 9.33. The van der Waals surface area contributed by atoms with Gasteiger partial charge >= 0.3 is 0 Å². The number of rotatable bonds is 9. The molecule has 2 rings (SSSR count). The van der Waals surface area contributed by atoms with Gasteiger partial charge in [0.05, 0.1) is 17.3 Å². The number of benzene rings is 1. The van der Waals surface area contributed by atoms with Gasteiger partial charge in [0, 0.05) is 31.9 Å². The minimum atomic E-state index is -0.252. The highest BCUT2D eigenvalue weighted by Crippen LogP contribution is 2.24. The lowest BCUT2D eigenvalue weighted by molar-refractivity contribution is 0.102. The quantitative estimate of drug-likeness (QED) is 0.662. The van der Waals surface area contributed by atoms with Crippen molar-refractivity contribution in [3.63, 3.8) is 0 Å². The minimum Gasteiger partial charge on any atom is -0.491 e. The zero-order chi connectivity index (χ0) is 16.5. The molecule has 1 amide bonds. The van der Waals surface area contributed by atoms with Gasteiger partial charge in [-0.25, -0.2) is 4.98 Å². The van der Waals surface area contributed by atoms with E-state index in [1.54, 1.807) is 18.6 Å². The Labute approximate surface area is 151 Å². The van der Waals surface area contributed by atoms with Crippen molar-refractivity contribution in [1.82, 2.24) is 4.98 Å². The summed E-state index contributed by atoms with van der Waals surface area (Å²) in [4.78, 5) is 16.6. The normalized spacial score (nSPS) is 10.1. The van der Waals surface area contributed by atoms with E-state index in [4.69, 9.17) is 15.2 Å². The third kappa shape index (κ3) is 6.09. The number of halogens is 1. The zero-order valence-electron chi connectivity index (χ0n) is 13.5. The Hall–Kier alpha value is -1.67. The zero-order valence-corrected chi connectivity index (χ0v) is 15.1. The van der Waals surface area contributed by atoms with Gasteiger partial charge in [-0.1, -0.05) is 12.1 Å². The first-order valence-corrected chi connectivity index (χ1v) is 8.29. The molecule has 0 spiro atoms. The molecular formula is C16H22ClN3O3S. The molecule has 1 heterocycles. The van der Waals surface area contributed by atoms with Gasteiger partial charge in [0.15, 0.2) is 0 Å². The average molecular weight is 372 g/mol. The van der Waals surface area contributed by atoms with E-state index < -0.39 is 0 Å². The van der Waals surface area contributed by atoms with Crippen LogP contribution < -0.4 is 15.8 Å². The van der Waals surface area contributed by atoms with Crippen molar-refractivity contribution in [2.45, 2.75) is 12.8 Å². The summed E-state index contributed by atoms with van der Waals surface area (Å²) in [6.45, 7) is 1.68. The molecule has 0 aliphatic carbocycles. The maximum absolute atomic E-state index is 12.3. The first-order chi connectivity index (χ1) is 11.2. The number of methoxy groups -OCH3 is 1. The molecule has 24 heavy (non-hydrogen) atoms. The lowest BCUT2D eigenvalue weighted by Crippen LogP contribution is -2.14. The predicted molar refractivity (Wildman–Crippen MR) is 98.5 cm³/mol. The fourth-order valence-corrected chi connectivity index (χ4v) is 2.72. The van der Waals surface area contributed by atoms with Crippen LogP contribution in [0.5, 0.6) is 5.75 Å². The first kappa shape index (κ1) is 20.4. The molecule has 1 aromatic heterocycles. The number of hydrogen-bond donors (Lipinski definition) is 2. The molecule has 0 radical (unpaired) electrons. The minimum absolute atomic E-state index is 0. The Morgan fingerprint density at radius 2 is 2.12 bits per heavy atom. The van der Waals surface area contributed by atoms with E-state index in [0.29, 0.717) is 43.3 Å². The van der Waals surface area contributed by atoms with Crippen molar-refractivity contribution in [3.8, 4) is 5.75 Å². The van der Waals surface area contributed by atoms with Crippen LogP contribution >= 0.6 is 23.7 Å². The number of nitrogens with zero attached hydrogens (tertiary/aromatic N) is 1. The molecule has 0 unspecified atom stereocenters. The van der Waals surface area contributed by atoms with Crippen LogP contribution in [0.3, 0.4) is 0 Å². The summed E-state index contributed by atoms with van der Waals surface area (Å²) in [7, 11) is 1.65. The molecule has 6 nitrogen and oxygen atoms in total. The number of hydrogen-bond acceptors (Lipinski definition) is 6. The largest absolute Gasteiger partial charge is 0.491 e. The Balaban J connectivity index is 0.00000288. The van der Waals surface area contributed by atoms with Crippen molar-refractivity contribution in [1.29, 1.82) is 0 Å². The van der Waals surface area contributed by atoms with Crippen LogP contribution in [-0.2, 0) is 11.2 Å². The highest BCUT2D eigenvalue weighted by Gasteiger charge is 2.13. The van der Waals surface area contributed by atoms with Gasteiger partial charge in [0.1, 0.15) is 11.4 Å². The molecule has 1 aromatic carbocycles. The van der Waals surface area contributed by atoms with Crippen molar-refractivity contribution in [2.24, 2.45) is 5.73 Å². The lowest BCUT2D eigenvalue weighted by atomic mass is 10.3. The Morgan fingerprint density at radius 3 is 2.88 bits per heavy atom. The summed E-state index contributed by atoms with van der Waals surface area (Å²) in [5, 5.41) is 5.44. The number of nitrogens with one attached hydrogen (secondary N) is 1. The summed E-state index contributed by atoms with van der Waals surface area (Å²) >= 11 is 1.44. The van der Waals surface area contributed by atoms with Gasteiger partial charge in [-0.3, -0.25) is 4.79 Å². The smallest absolute Gasteiger partial charge is 0.275 e. The van der Waals surface area contributed by atoms with E-state index >= 15 is 0 Å². The van der Waals surface area contributed by atoms with Gasteiger partial charge in [0.25, 0.3) is 5.91 Å². The van der Waals surface area contributed by atoms with Gasteiger partial charge in [0.2, 0.25) is 0 Å². The van der Waals surface area contributed by atoms with Gasteiger partial charge in [-0.05, 0) is 18.7 Å². The van der Waals surface area contributed by atoms with Crippen LogP contribution in [0.25, 0.3) is 0 Å². The number of aromatic nitrogens is 1. The fourth-order valence-electron chi connectivity index (χ4n) is 1.92. The Morgan fingerprint density at radius 1 is 1.33 bits per heavy atom. The van der Waals surface area contributed by atoms with E-state index in [-0.39, 0.29) is 18.3 Å². The average Bonchev–Trinajstić information content (AvgIpc) is 3.02. The summed E-state index contributed by atoms with van der Waals surface area (Å²) in [5.74, 6) is 0.381. The van der Waals surface area contributed by atoms with E-state index in [1.165, 1.54) is 11.3 Å². The second-order valence-electron chi connectivity index (χ2n) is 4.81. The molecule has 0 saturated carbocycles. The molecule has 8 heteroatoms. The number of nitrogens with two attached hydrogens (primary N) is 1. The molecule has 2 aromatic rings. The van der Waals surface area contributed by atoms with Crippen LogP contribution in [0.2, 0.25) is 0 Å². The number of para-hydroxylation sites is 2. The molecule has 0 fully saturated rings. The summed E-state index contributed by atoms with van der Waals surface area (Å²) in [6, 6.07) is 7.34. The van der Waals surface area contributed by atoms with Crippen molar-refractivity contribution in [2.75, 3.05) is 32.2 Å². The molecule has 0 aliphatic rings. The van der Waals surface area contributed by atoms with Gasteiger partial charge in [-0.15, -0.1) is 23.7 Å². The summed E-state index contributed by atoms with van der Waals surface area (Å²) in [6.07, 6.45) is 1.46. The number of anilines is 1. The van der Waals surface area contributed by atoms with Crippen molar-refractivity contribution in [3.05, 3.63) is 40.3 Å². The molecule has 0 bridgehead atoms. The van der Waals surface area contributed by atoms with Crippen LogP contribution in [0.4, 0.5) is 5.69 Å². The van der Waals surface area contributed by atoms with E-state index in [1.807, 2.05) is 18.2 Å². The monoisotopic (exact) mass is 371 g/mol. The highest BCUT2D eigenvalue weighted by atomic mass is 35.5. The Bertz CT molecular complexity index is 637. The fraction of sp³-hybridized carbons (Fsp3) is 0.375. The third-order valence-corrected chi connectivity index (χ3v) is 3.94. The molecule has 0 aliphatic heterocycles. The lowest BCUT2D eigenvalue weighted by Gasteiger charge is -2.11. The van der Waals surface area contributed by atoms with Crippen LogP contribution in [0.15, 0.2) is 29.6 Å². The predicted octanol–water partition coefficient (Wildman–Crippen LogP) is 2.73. The van der Waals surface area contributed by atoms with Gasteiger partial charge < -0.3 is 20.5 Å². The number of carbonyl (C=O) groups is 1. The number of thiazole rings is 1. The molecular weight excluding hydrogens is 350 g/mol. The van der Waals surface area contributed by atoms with E-state index in [2.05, 4.69) is 10.3 Å². The SMILES string of the molecule is COCCCOc1ccccc1NC(=O)c1csc(CCN)n1.Cl. The maximum atomic E-state index is 12.3. The van der Waals surface area contributed by atoms with Crippen LogP contribution in [0, 0.1) is 0 Å². The first-order valence-electron chi connectivity index (χ1n) is 7.41. The van der Waals surface area contributed by atoms with Crippen molar-refractivity contribution < 1.29 is 14.3 Å². The molecule has 3 N–H and O–H groups in total. The second kappa shape index (κ2) is 11.0. The summed E-state index contributed by atoms with van der Waals surface area (Å²) in [5.41, 5.74) is 6.52. The van der Waals surface area contributed by atoms with E-state index in [0.717, 1.165) is 11.4 Å². The number of carbonyl (C=O) groups excluding carboxylic acids is 1. The third-order valence-electron chi connectivity index (χ3n) is 3.03. The van der Waals surface area contributed by atoms with Crippen molar-refractivity contribution >= 4 is 35.3 Å².